The fraction of sp³-hybridized carbons (Fsp3) is 0.679. The molecular formula is C28H41N3O5S. The van der Waals surface area contributed by atoms with Gasteiger partial charge in [0.25, 0.3) is 0 Å². The van der Waals surface area contributed by atoms with Crippen LogP contribution in [0.25, 0.3) is 0 Å². The molecule has 5 atom stereocenters. The Morgan fingerprint density at radius 3 is 2.57 bits per heavy atom. The van der Waals surface area contributed by atoms with Crippen molar-refractivity contribution in [1.82, 2.24) is 10.2 Å². The molecule has 3 aliphatic heterocycles. The fourth-order valence-electron chi connectivity index (χ4n) is 6.25. The van der Waals surface area contributed by atoms with Crippen molar-refractivity contribution >= 4 is 35.2 Å². The second kappa shape index (κ2) is 12.5. The number of unbranched alkanes of at least 4 members (excludes halogenated alkanes) is 4. The molecule has 3 fully saturated rings. The van der Waals surface area contributed by atoms with Crippen molar-refractivity contribution in [2.75, 3.05) is 31.6 Å². The van der Waals surface area contributed by atoms with E-state index in [1.54, 1.807) is 16.7 Å². The first-order valence-corrected chi connectivity index (χ1v) is 14.7. The van der Waals surface area contributed by atoms with Crippen molar-refractivity contribution in [2.24, 2.45) is 11.8 Å². The Hall–Kier alpha value is -2.26. The lowest BCUT2D eigenvalue weighted by molar-refractivity contribution is -0.139. The smallest absolute Gasteiger partial charge is 0.244 e. The SMILES string of the molecule is CCCCNC(=O)C1N(CCCCCCO)C(=O)[C@@H]2[C@@H](C(=O)Nc3ccc(OCC)cc3)[C@H]3CCC12S3. The number of fused-ring (bicyclic) bond motifs is 1. The number of nitrogens with one attached hydrogen (secondary N) is 2. The van der Waals surface area contributed by atoms with Crippen LogP contribution < -0.4 is 15.4 Å². The summed E-state index contributed by atoms with van der Waals surface area (Å²) in [7, 11) is 0. The Kier molecular flexibility index (Phi) is 9.40. The number of anilines is 1. The fourth-order valence-corrected chi connectivity index (χ4v) is 8.47. The van der Waals surface area contributed by atoms with Crippen molar-refractivity contribution in [1.29, 1.82) is 0 Å². The number of rotatable bonds is 14. The molecule has 1 aromatic carbocycles. The number of aliphatic hydroxyl groups excluding tert-OH is 1. The molecule has 3 aliphatic rings. The first kappa shape index (κ1) is 27.8. The van der Waals surface area contributed by atoms with Gasteiger partial charge in [0.05, 0.1) is 23.2 Å². The third kappa shape index (κ3) is 5.62. The predicted octanol–water partition coefficient (Wildman–Crippen LogP) is 3.58. The summed E-state index contributed by atoms with van der Waals surface area (Å²) in [6.07, 6.45) is 6.80. The van der Waals surface area contributed by atoms with Gasteiger partial charge in [-0.3, -0.25) is 14.4 Å². The molecule has 1 aromatic rings. The molecule has 0 radical (unpaired) electrons. The maximum Gasteiger partial charge on any atom is 0.244 e. The van der Waals surface area contributed by atoms with Crippen LogP contribution in [0, 0.1) is 11.8 Å². The number of benzene rings is 1. The average molecular weight is 532 g/mol. The lowest BCUT2D eigenvalue weighted by Gasteiger charge is -2.34. The van der Waals surface area contributed by atoms with E-state index in [2.05, 4.69) is 17.6 Å². The lowest BCUT2D eigenvalue weighted by atomic mass is 9.70. The van der Waals surface area contributed by atoms with Gasteiger partial charge in [-0.1, -0.05) is 26.2 Å². The molecule has 204 valence electrons. The van der Waals surface area contributed by atoms with Gasteiger partial charge in [-0.2, -0.15) is 0 Å². The Morgan fingerprint density at radius 2 is 1.86 bits per heavy atom. The number of aliphatic hydroxyl groups is 1. The molecule has 1 spiro atoms. The van der Waals surface area contributed by atoms with Crippen molar-refractivity contribution in [3.05, 3.63) is 24.3 Å². The zero-order valence-electron chi connectivity index (χ0n) is 22.0. The summed E-state index contributed by atoms with van der Waals surface area (Å²) >= 11 is 1.70. The maximum atomic E-state index is 13.9. The summed E-state index contributed by atoms with van der Waals surface area (Å²) in [4.78, 5) is 42.8. The third-order valence-electron chi connectivity index (χ3n) is 7.92. The first-order valence-electron chi connectivity index (χ1n) is 13.9. The molecule has 37 heavy (non-hydrogen) atoms. The molecule has 9 heteroatoms. The van der Waals surface area contributed by atoms with Crippen LogP contribution in [0.15, 0.2) is 24.3 Å². The summed E-state index contributed by atoms with van der Waals surface area (Å²) in [6, 6.07) is 6.74. The van der Waals surface area contributed by atoms with E-state index in [-0.39, 0.29) is 29.6 Å². The van der Waals surface area contributed by atoms with Gasteiger partial charge in [0.15, 0.2) is 0 Å². The van der Waals surface area contributed by atoms with Crippen LogP contribution >= 0.6 is 11.8 Å². The second-order valence-electron chi connectivity index (χ2n) is 10.3. The van der Waals surface area contributed by atoms with Gasteiger partial charge in [0.1, 0.15) is 11.8 Å². The van der Waals surface area contributed by atoms with Crippen molar-refractivity contribution in [3.63, 3.8) is 0 Å². The standard InChI is InChI=1S/C28H41N3O5S/c1-3-5-16-29-26(34)24-28-15-14-21(37-28)22(23(28)27(35)31(24)17-8-6-7-9-18-32)25(33)30-19-10-12-20(13-11-19)36-4-2/h10-13,21-24,32H,3-9,14-18H2,1-2H3,(H,29,34)(H,30,33)/t21-,22+,23+,24?,28?/m1/s1. The Bertz CT molecular complexity index is 958. The molecule has 3 amide bonds. The summed E-state index contributed by atoms with van der Waals surface area (Å²) < 4.78 is 4.94. The monoisotopic (exact) mass is 531 g/mol. The molecule has 0 aromatic heterocycles. The normalized spacial score (nSPS) is 27.9. The Morgan fingerprint density at radius 1 is 1.11 bits per heavy atom. The highest BCUT2D eigenvalue weighted by Crippen LogP contribution is 2.66. The molecular weight excluding hydrogens is 490 g/mol. The van der Waals surface area contributed by atoms with Gasteiger partial charge in [-0.05, 0) is 63.3 Å². The highest BCUT2D eigenvalue weighted by Gasteiger charge is 2.73. The summed E-state index contributed by atoms with van der Waals surface area (Å²) in [6.45, 7) is 5.85. The Labute approximate surface area is 224 Å². The Balaban J connectivity index is 1.53. The van der Waals surface area contributed by atoms with E-state index in [1.165, 1.54) is 0 Å². The molecule has 8 nitrogen and oxygen atoms in total. The zero-order chi connectivity index (χ0) is 26.4. The van der Waals surface area contributed by atoms with Crippen LogP contribution in [0.5, 0.6) is 5.75 Å². The summed E-state index contributed by atoms with van der Waals surface area (Å²) in [5, 5.41) is 15.2. The maximum absolute atomic E-state index is 13.9. The number of ether oxygens (including phenoxy) is 1. The highest BCUT2D eigenvalue weighted by atomic mass is 32.2. The van der Waals surface area contributed by atoms with Crippen LogP contribution in [-0.2, 0) is 14.4 Å². The first-order chi connectivity index (χ1) is 18.0. The van der Waals surface area contributed by atoms with Crippen molar-refractivity contribution < 1.29 is 24.2 Å². The van der Waals surface area contributed by atoms with E-state index in [9.17, 15) is 14.4 Å². The van der Waals surface area contributed by atoms with E-state index in [0.29, 0.717) is 25.4 Å². The quantitative estimate of drug-likeness (QED) is 0.317. The molecule has 3 N–H and O–H groups in total. The average Bonchev–Trinajstić information content (AvgIpc) is 3.53. The number of amides is 3. The number of thioether (sulfide) groups is 1. The van der Waals surface area contributed by atoms with Crippen LogP contribution in [0.1, 0.15) is 65.2 Å². The van der Waals surface area contributed by atoms with Gasteiger partial charge in [0, 0.05) is 30.6 Å². The predicted molar refractivity (Wildman–Crippen MR) is 146 cm³/mol. The van der Waals surface area contributed by atoms with E-state index >= 15 is 0 Å². The number of hydrogen-bond acceptors (Lipinski definition) is 6. The van der Waals surface area contributed by atoms with E-state index in [0.717, 1.165) is 57.1 Å². The van der Waals surface area contributed by atoms with E-state index < -0.39 is 22.6 Å². The molecule has 4 rings (SSSR count). The van der Waals surface area contributed by atoms with E-state index in [1.807, 2.05) is 31.2 Å². The van der Waals surface area contributed by atoms with Crippen LogP contribution in [0.3, 0.4) is 0 Å². The van der Waals surface area contributed by atoms with Gasteiger partial charge < -0.3 is 25.4 Å². The number of hydrogen-bond donors (Lipinski definition) is 3. The molecule has 3 heterocycles. The lowest BCUT2D eigenvalue weighted by Crippen LogP contribution is -2.53. The second-order valence-corrected chi connectivity index (χ2v) is 11.9. The van der Waals surface area contributed by atoms with Crippen molar-refractivity contribution in [2.45, 2.75) is 81.3 Å². The van der Waals surface area contributed by atoms with Crippen molar-refractivity contribution in [3.8, 4) is 5.75 Å². The largest absolute Gasteiger partial charge is 0.494 e. The number of nitrogens with zero attached hydrogens (tertiary/aromatic N) is 1. The molecule has 0 saturated carbocycles. The third-order valence-corrected chi connectivity index (χ3v) is 9.87. The highest BCUT2D eigenvalue weighted by molar-refractivity contribution is 8.02. The molecule has 0 aliphatic carbocycles. The van der Waals surface area contributed by atoms with Gasteiger partial charge in [-0.15, -0.1) is 11.8 Å². The van der Waals surface area contributed by atoms with Gasteiger partial charge >= 0.3 is 0 Å². The van der Waals surface area contributed by atoms with Crippen LogP contribution in [0.2, 0.25) is 0 Å². The zero-order valence-corrected chi connectivity index (χ0v) is 22.9. The van der Waals surface area contributed by atoms with Crippen LogP contribution in [0.4, 0.5) is 5.69 Å². The summed E-state index contributed by atoms with van der Waals surface area (Å²) in [5.74, 6) is -0.481. The van der Waals surface area contributed by atoms with Gasteiger partial charge in [-0.25, -0.2) is 0 Å². The van der Waals surface area contributed by atoms with E-state index in [4.69, 9.17) is 9.84 Å². The molecule has 2 bridgehead atoms. The number of carbonyl (C=O) groups is 3. The minimum absolute atomic E-state index is 0.0364. The van der Waals surface area contributed by atoms with Gasteiger partial charge in [0.2, 0.25) is 17.7 Å². The minimum Gasteiger partial charge on any atom is -0.494 e. The van der Waals surface area contributed by atoms with Crippen LogP contribution in [-0.4, -0.2) is 70.1 Å². The molecule has 3 saturated heterocycles. The number of likely N-dealkylation sites (tertiary alicyclic amines) is 1. The minimum atomic E-state index is -0.552. The number of carbonyl (C=O) groups excluding carboxylic acids is 3. The summed E-state index contributed by atoms with van der Waals surface area (Å²) in [5.41, 5.74) is 0.676. The topological polar surface area (TPSA) is 108 Å². The molecule has 2 unspecified atom stereocenters.